The monoisotopic (exact) mass is 278 g/mol. The number of ether oxygens (including phenoxy) is 1. The molecule has 0 heterocycles. The SMILES string of the molecule is CCNC(C)c1ccccc1N(CCOC)CC(C)C. The third-order valence-corrected chi connectivity index (χ3v) is 3.41. The zero-order chi connectivity index (χ0) is 15.0. The van der Waals surface area contributed by atoms with Gasteiger partial charge in [0.1, 0.15) is 0 Å². The van der Waals surface area contributed by atoms with Crippen LogP contribution in [0.25, 0.3) is 0 Å². The number of rotatable bonds is 9. The fourth-order valence-corrected chi connectivity index (χ4v) is 2.51. The summed E-state index contributed by atoms with van der Waals surface area (Å²) < 4.78 is 5.27. The molecule has 0 radical (unpaired) electrons. The predicted molar refractivity (Wildman–Crippen MR) is 87.5 cm³/mol. The van der Waals surface area contributed by atoms with Crippen molar-refractivity contribution in [3.8, 4) is 0 Å². The van der Waals surface area contributed by atoms with Crippen molar-refractivity contribution in [2.45, 2.75) is 33.7 Å². The van der Waals surface area contributed by atoms with Crippen LogP contribution < -0.4 is 10.2 Å². The summed E-state index contributed by atoms with van der Waals surface area (Å²) in [7, 11) is 1.76. The standard InChI is InChI=1S/C17H30N2O/c1-6-18-15(4)16-9-7-8-10-17(16)19(11-12-20-5)13-14(2)3/h7-10,14-15,18H,6,11-13H2,1-5H3. The molecule has 1 rings (SSSR count). The summed E-state index contributed by atoms with van der Waals surface area (Å²) in [5, 5.41) is 3.51. The number of nitrogens with one attached hydrogen (secondary N) is 1. The van der Waals surface area contributed by atoms with Crippen molar-refractivity contribution in [2.75, 3.05) is 38.3 Å². The van der Waals surface area contributed by atoms with Gasteiger partial charge in [-0.3, -0.25) is 0 Å². The van der Waals surface area contributed by atoms with Crippen molar-refractivity contribution in [2.24, 2.45) is 5.92 Å². The highest BCUT2D eigenvalue weighted by Gasteiger charge is 2.15. The van der Waals surface area contributed by atoms with E-state index in [2.05, 4.69) is 62.2 Å². The Kier molecular flexibility index (Phi) is 7.63. The van der Waals surface area contributed by atoms with Gasteiger partial charge in [0.25, 0.3) is 0 Å². The Bertz CT molecular complexity index is 379. The van der Waals surface area contributed by atoms with Gasteiger partial charge < -0.3 is 15.0 Å². The average Bonchev–Trinajstić information content (AvgIpc) is 2.43. The molecular formula is C17H30N2O. The maximum absolute atomic E-state index is 5.27. The van der Waals surface area contributed by atoms with Gasteiger partial charge in [-0.15, -0.1) is 0 Å². The van der Waals surface area contributed by atoms with Crippen LogP contribution in [0.3, 0.4) is 0 Å². The molecule has 20 heavy (non-hydrogen) atoms. The molecule has 1 aromatic rings. The Labute approximate surface area is 124 Å². The number of benzene rings is 1. The van der Waals surface area contributed by atoms with Gasteiger partial charge in [-0.25, -0.2) is 0 Å². The number of anilines is 1. The lowest BCUT2D eigenvalue weighted by molar-refractivity contribution is 0.204. The second-order valence-electron chi connectivity index (χ2n) is 5.67. The van der Waals surface area contributed by atoms with E-state index in [4.69, 9.17) is 4.74 Å². The van der Waals surface area contributed by atoms with Gasteiger partial charge in [-0.1, -0.05) is 39.0 Å². The van der Waals surface area contributed by atoms with Crippen LogP contribution in [-0.2, 0) is 4.74 Å². The number of hydrogen-bond acceptors (Lipinski definition) is 3. The fourth-order valence-electron chi connectivity index (χ4n) is 2.51. The van der Waals surface area contributed by atoms with Crippen LogP contribution in [0.15, 0.2) is 24.3 Å². The Balaban J connectivity index is 2.98. The number of para-hydroxylation sites is 1. The topological polar surface area (TPSA) is 24.5 Å². The summed E-state index contributed by atoms with van der Waals surface area (Å²) in [5.74, 6) is 0.634. The summed E-state index contributed by atoms with van der Waals surface area (Å²) in [4.78, 5) is 2.44. The maximum Gasteiger partial charge on any atom is 0.0637 e. The highest BCUT2D eigenvalue weighted by Crippen LogP contribution is 2.26. The molecule has 0 saturated heterocycles. The lowest BCUT2D eigenvalue weighted by Gasteiger charge is -2.30. The third-order valence-electron chi connectivity index (χ3n) is 3.41. The normalized spacial score (nSPS) is 12.7. The van der Waals surface area contributed by atoms with E-state index >= 15 is 0 Å². The summed E-state index contributed by atoms with van der Waals surface area (Å²) in [6.45, 7) is 12.6. The van der Waals surface area contributed by atoms with E-state index in [1.807, 2.05) is 0 Å². The molecule has 0 aromatic heterocycles. The summed E-state index contributed by atoms with van der Waals surface area (Å²) >= 11 is 0. The first-order valence-corrected chi connectivity index (χ1v) is 7.66. The minimum atomic E-state index is 0.369. The van der Waals surface area contributed by atoms with Crippen LogP contribution in [0.4, 0.5) is 5.69 Å². The van der Waals surface area contributed by atoms with Crippen LogP contribution in [0.5, 0.6) is 0 Å². The Hall–Kier alpha value is -1.06. The zero-order valence-corrected chi connectivity index (χ0v) is 13.6. The molecular weight excluding hydrogens is 248 g/mol. The molecule has 1 unspecified atom stereocenters. The third kappa shape index (κ3) is 5.14. The lowest BCUT2D eigenvalue weighted by atomic mass is 10.0. The van der Waals surface area contributed by atoms with Gasteiger partial charge in [-0.05, 0) is 31.0 Å². The molecule has 114 valence electrons. The molecule has 1 aromatic carbocycles. The Morgan fingerprint density at radius 3 is 2.50 bits per heavy atom. The van der Waals surface area contributed by atoms with E-state index in [0.717, 1.165) is 26.2 Å². The molecule has 1 N–H and O–H groups in total. The van der Waals surface area contributed by atoms with Gasteiger partial charge in [-0.2, -0.15) is 0 Å². The van der Waals surface area contributed by atoms with Gasteiger partial charge in [0, 0.05) is 31.9 Å². The molecule has 0 aliphatic carbocycles. The van der Waals surface area contributed by atoms with Gasteiger partial charge in [0.05, 0.1) is 6.61 Å². The van der Waals surface area contributed by atoms with Crippen LogP contribution in [0, 0.1) is 5.92 Å². The summed E-state index contributed by atoms with van der Waals surface area (Å²) in [5.41, 5.74) is 2.69. The molecule has 3 heteroatoms. The lowest BCUT2D eigenvalue weighted by Crippen LogP contribution is -2.32. The first-order valence-electron chi connectivity index (χ1n) is 7.66. The van der Waals surface area contributed by atoms with E-state index in [1.54, 1.807) is 7.11 Å². The molecule has 0 fully saturated rings. The van der Waals surface area contributed by atoms with Gasteiger partial charge in [0.2, 0.25) is 0 Å². The van der Waals surface area contributed by atoms with Crippen molar-refractivity contribution < 1.29 is 4.74 Å². The summed E-state index contributed by atoms with van der Waals surface area (Å²) in [6.07, 6.45) is 0. The van der Waals surface area contributed by atoms with Crippen molar-refractivity contribution >= 4 is 5.69 Å². The molecule has 0 aliphatic heterocycles. The molecule has 3 nitrogen and oxygen atoms in total. The van der Waals surface area contributed by atoms with E-state index in [9.17, 15) is 0 Å². The largest absolute Gasteiger partial charge is 0.383 e. The smallest absolute Gasteiger partial charge is 0.0637 e. The van der Waals surface area contributed by atoms with Crippen molar-refractivity contribution in [3.05, 3.63) is 29.8 Å². The highest BCUT2D eigenvalue weighted by molar-refractivity contribution is 5.55. The van der Waals surface area contributed by atoms with Gasteiger partial charge in [0.15, 0.2) is 0 Å². The molecule has 0 amide bonds. The highest BCUT2D eigenvalue weighted by atomic mass is 16.5. The zero-order valence-electron chi connectivity index (χ0n) is 13.6. The summed E-state index contributed by atoms with van der Waals surface area (Å²) in [6, 6.07) is 9.06. The first-order chi connectivity index (χ1) is 9.60. The number of methoxy groups -OCH3 is 1. The number of nitrogens with zero attached hydrogens (tertiary/aromatic N) is 1. The Morgan fingerprint density at radius 2 is 1.90 bits per heavy atom. The van der Waals surface area contributed by atoms with E-state index < -0.39 is 0 Å². The van der Waals surface area contributed by atoms with Crippen LogP contribution in [-0.4, -0.2) is 33.4 Å². The minimum Gasteiger partial charge on any atom is -0.383 e. The van der Waals surface area contributed by atoms with E-state index in [0.29, 0.717) is 12.0 Å². The second kappa shape index (κ2) is 8.98. The predicted octanol–water partition coefficient (Wildman–Crippen LogP) is 3.47. The van der Waals surface area contributed by atoms with Crippen molar-refractivity contribution in [1.82, 2.24) is 5.32 Å². The molecule has 0 saturated carbocycles. The number of hydrogen-bond donors (Lipinski definition) is 1. The molecule has 0 spiro atoms. The quantitative estimate of drug-likeness (QED) is 0.748. The van der Waals surface area contributed by atoms with Crippen LogP contribution >= 0.6 is 0 Å². The second-order valence-corrected chi connectivity index (χ2v) is 5.67. The van der Waals surface area contributed by atoms with Crippen molar-refractivity contribution in [3.63, 3.8) is 0 Å². The van der Waals surface area contributed by atoms with Crippen molar-refractivity contribution in [1.29, 1.82) is 0 Å². The fraction of sp³-hybridized carbons (Fsp3) is 0.647. The average molecular weight is 278 g/mol. The van der Waals surface area contributed by atoms with E-state index in [-0.39, 0.29) is 0 Å². The maximum atomic E-state index is 5.27. The van der Waals surface area contributed by atoms with E-state index in [1.165, 1.54) is 11.3 Å². The molecule has 0 aliphatic rings. The molecule has 1 atom stereocenters. The molecule has 0 bridgehead atoms. The Morgan fingerprint density at radius 1 is 1.20 bits per heavy atom. The van der Waals surface area contributed by atoms with Crippen LogP contribution in [0.2, 0.25) is 0 Å². The van der Waals surface area contributed by atoms with Crippen LogP contribution in [0.1, 0.15) is 39.3 Å². The van der Waals surface area contributed by atoms with Gasteiger partial charge >= 0.3 is 0 Å². The minimum absolute atomic E-state index is 0.369. The first kappa shape index (κ1) is 17.0.